The van der Waals surface area contributed by atoms with E-state index in [0.717, 1.165) is 28.1 Å². The van der Waals surface area contributed by atoms with Crippen molar-refractivity contribution in [1.29, 1.82) is 0 Å². The van der Waals surface area contributed by atoms with Crippen LogP contribution < -0.4 is 0 Å². The number of H-pyrrole nitrogens is 1. The number of hydrogen-bond donors (Lipinski definition) is 2. The van der Waals surface area contributed by atoms with Crippen molar-refractivity contribution < 1.29 is 9.90 Å². The molecule has 6 heteroatoms. The van der Waals surface area contributed by atoms with Gasteiger partial charge in [0.1, 0.15) is 4.88 Å². The molecule has 0 saturated heterocycles. The van der Waals surface area contributed by atoms with E-state index in [1.165, 1.54) is 0 Å². The first-order valence-electron chi connectivity index (χ1n) is 4.89. The molecule has 1 aromatic carbocycles. The van der Waals surface area contributed by atoms with Gasteiger partial charge in [0.2, 0.25) is 0 Å². The zero-order valence-corrected chi connectivity index (χ0v) is 9.36. The third-order valence-electron chi connectivity index (χ3n) is 2.47. The van der Waals surface area contributed by atoms with Crippen molar-refractivity contribution in [2.24, 2.45) is 0 Å². The van der Waals surface area contributed by atoms with Crippen LogP contribution in [-0.4, -0.2) is 25.6 Å². The third-order valence-corrected chi connectivity index (χ3v) is 3.22. The minimum absolute atomic E-state index is 0.0124. The summed E-state index contributed by atoms with van der Waals surface area (Å²) in [6, 6.07) is 9.66. The topological polar surface area (TPSA) is 78.9 Å². The monoisotopic (exact) mass is 245 g/mol. The molecule has 0 unspecified atom stereocenters. The average molecular weight is 245 g/mol. The number of carboxylic acid groups (broad SMARTS) is 1. The van der Waals surface area contributed by atoms with Gasteiger partial charge in [-0.1, -0.05) is 22.7 Å². The van der Waals surface area contributed by atoms with Crippen LogP contribution in [0, 0.1) is 0 Å². The summed E-state index contributed by atoms with van der Waals surface area (Å²) in [5.74, 6) is -1.06. The lowest BCUT2D eigenvalue weighted by Crippen LogP contribution is -1.98. The summed E-state index contributed by atoms with van der Waals surface area (Å²) < 4.78 is 3.68. The molecule has 3 rings (SSSR count). The van der Waals surface area contributed by atoms with E-state index >= 15 is 0 Å². The highest BCUT2D eigenvalue weighted by Crippen LogP contribution is 2.28. The molecule has 0 aliphatic heterocycles. The number of carboxylic acids is 1. The molecule has 0 atom stereocenters. The predicted molar refractivity (Wildman–Crippen MR) is 64.2 cm³/mol. The van der Waals surface area contributed by atoms with Crippen molar-refractivity contribution in [3.8, 4) is 10.6 Å². The van der Waals surface area contributed by atoms with Crippen molar-refractivity contribution in [2.75, 3.05) is 0 Å². The Balaban J connectivity index is 2.20. The summed E-state index contributed by atoms with van der Waals surface area (Å²) in [4.78, 5) is 14.7. The Morgan fingerprint density at radius 3 is 2.94 bits per heavy atom. The Kier molecular flexibility index (Phi) is 2.15. The SMILES string of the molecule is O=C(O)c1nnsc1-c1cc2ccccc2[nH]1. The Morgan fingerprint density at radius 1 is 1.35 bits per heavy atom. The van der Waals surface area contributed by atoms with E-state index in [9.17, 15) is 4.79 Å². The first kappa shape index (κ1) is 9.98. The van der Waals surface area contributed by atoms with E-state index in [1.807, 2.05) is 30.3 Å². The van der Waals surface area contributed by atoms with Gasteiger partial charge in [-0.2, -0.15) is 0 Å². The first-order valence-corrected chi connectivity index (χ1v) is 5.67. The Labute approximate surface area is 99.9 Å². The summed E-state index contributed by atoms with van der Waals surface area (Å²) in [7, 11) is 0. The molecule has 0 spiro atoms. The van der Waals surface area contributed by atoms with Gasteiger partial charge in [0.05, 0.1) is 5.69 Å². The summed E-state index contributed by atoms with van der Waals surface area (Å²) in [6.45, 7) is 0. The van der Waals surface area contributed by atoms with Crippen LogP contribution in [0.5, 0.6) is 0 Å². The van der Waals surface area contributed by atoms with Crippen LogP contribution in [0.4, 0.5) is 0 Å². The van der Waals surface area contributed by atoms with Crippen molar-refractivity contribution in [3.63, 3.8) is 0 Å². The quantitative estimate of drug-likeness (QED) is 0.726. The van der Waals surface area contributed by atoms with E-state index in [2.05, 4.69) is 14.6 Å². The Bertz CT molecular complexity index is 668. The maximum absolute atomic E-state index is 11.0. The third kappa shape index (κ3) is 1.58. The van der Waals surface area contributed by atoms with E-state index in [4.69, 9.17) is 5.11 Å². The minimum Gasteiger partial charge on any atom is -0.476 e. The minimum atomic E-state index is -1.06. The van der Waals surface area contributed by atoms with Crippen LogP contribution in [0.15, 0.2) is 30.3 Å². The molecule has 17 heavy (non-hydrogen) atoms. The zero-order valence-electron chi connectivity index (χ0n) is 8.54. The predicted octanol–water partition coefficient (Wildman–Crippen LogP) is 2.38. The maximum atomic E-state index is 11.0. The van der Waals surface area contributed by atoms with Crippen LogP contribution in [0.3, 0.4) is 0 Å². The summed E-state index contributed by atoms with van der Waals surface area (Å²) >= 11 is 1.07. The smallest absolute Gasteiger partial charge is 0.358 e. The van der Waals surface area contributed by atoms with Crippen LogP contribution >= 0.6 is 11.5 Å². The molecule has 84 valence electrons. The van der Waals surface area contributed by atoms with E-state index in [0.29, 0.717) is 4.88 Å². The van der Waals surface area contributed by atoms with Crippen molar-refractivity contribution in [1.82, 2.24) is 14.6 Å². The molecule has 0 radical (unpaired) electrons. The number of hydrogen-bond acceptors (Lipinski definition) is 4. The number of aromatic amines is 1. The molecule has 2 heterocycles. The van der Waals surface area contributed by atoms with Crippen LogP contribution in [0.1, 0.15) is 10.5 Å². The molecule has 0 aliphatic carbocycles. The van der Waals surface area contributed by atoms with Crippen molar-refractivity contribution >= 4 is 28.4 Å². The number of para-hydroxylation sites is 1. The van der Waals surface area contributed by atoms with Gasteiger partial charge in [-0.05, 0) is 23.7 Å². The molecule has 0 saturated carbocycles. The number of rotatable bonds is 2. The molecule has 0 fully saturated rings. The van der Waals surface area contributed by atoms with Gasteiger partial charge in [0.25, 0.3) is 0 Å². The van der Waals surface area contributed by atoms with Gasteiger partial charge >= 0.3 is 5.97 Å². The number of aromatic carboxylic acids is 1. The van der Waals surface area contributed by atoms with Gasteiger partial charge in [-0.3, -0.25) is 0 Å². The largest absolute Gasteiger partial charge is 0.476 e. The number of nitrogens with one attached hydrogen (secondary N) is 1. The highest BCUT2D eigenvalue weighted by molar-refractivity contribution is 7.09. The second-order valence-electron chi connectivity index (χ2n) is 3.53. The fraction of sp³-hybridized carbons (Fsp3) is 0. The Morgan fingerprint density at radius 2 is 2.18 bits per heavy atom. The lowest BCUT2D eigenvalue weighted by Gasteiger charge is -1.92. The van der Waals surface area contributed by atoms with E-state index in [1.54, 1.807) is 0 Å². The van der Waals surface area contributed by atoms with Crippen molar-refractivity contribution in [2.45, 2.75) is 0 Å². The summed E-state index contributed by atoms with van der Waals surface area (Å²) in [5.41, 5.74) is 1.69. The molecule has 0 bridgehead atoms. The summed E-state index contributed by atoms with van der Waals surface area (Å²) in [5, 5.41) is 13.6. The molecular formula is C11H7N3O2S. The van der Waals surface area contributed by atoms with E-state index in [-0.39, 0.29) is 5.69 Å². The standard InChI is InChI=1S/C11H7N3O2S/c15-11(16)9-10(17-14-13-9)8-5-6-3-1-2-4-7(6)12-8/h1-5,12H,(H,15,16). The highest BCUT2D eigenvalue weighted by Gasteiger charge is 2.18. The zero-order chi connectivity index (χ0) is 11.8. The lowest BCUT2D eigenvalue weighted by atomic mass is 10.2. The number of carbonyl (C=O) groups is 1. The van der Waals surface area contributed by atoms with E-state index < -0.39 is 5.97 Å². The molecular weight excluding hydrogens is 238 g/mol. The fourth-order valence-electron chi connectivity index (χ4n) is 1.70. The van der Waals surface area contributed by atoms with Crippen LogP contribution in [0.2, 0.25) is 0 Å². The molecule has 0 amide bonds. The van der Waals surface area contributed by atoms with Gasteiger partial charge in [0, 0.05) is 10.9 Å². The first-order chi connectivity index (χ1) is 8.25. The van der Waals surface area contributed by atoms with Gasteiger partial charge in [-0.15, -0.1) is 5.10 Å². The molecule has 5 nitrogen and oxygen atoms in total. The van der Waals surface area contributed by atoms with Crippen molar-refractivity contribution in [3.05, 3.63) is 36.0 Å². The van der Waals surface area contributed by atoms with Crippen LogP contribution in [0.25, 0.3) is 21.5 Å². The average Bonchev–Trinajstić information content (AvgIpc) is 2.95. The van der Waals surface area contributed by atoms with Gasteiger partial charge in [0.15, 0.2) is 5.69 Å². The normalized spacial score (nSPS) is 10.8. The molecule has 2 N–H and O–H groups in total. The van der Waals surface area contributed by atoms with Crippen LogP contribution in [-0.2, 0) is 0 Å². The Hall–Kier alpha value is -2.21. The summed E-state index contributed by atoms with van der Waals surface area (Å²) in [6.07, 6.45) is 0. The number of nitrogens with zero attached hydrogens (tertiary/aromatic N) is 2. The highest BCUT2D eigenvalue weighted by atomic mass is 32.1. The lowest BCUT2D eigenvalue weighted by molar-refractivity contribution is 0.0691. The number of benzene rings is 1. The number of fused-ring (bicyclic) bond motifs is 1. The maximum Gasteiger partial charge on any atom is 0.358 e. The number of aromatic nitrogens is 3. The van der Waals surface area contributed by atoms with Gasteiger partial charge in [-0.25, -0.2) is 4.79 Å². The second kappa shape index (κ2) is 3.67. The van der Waals surface area contributed by atoms with Gasteiger partial charge < -0.3 is 10.1 Å². The molecule has 0 aliphatic rings. The second-order valence-corrected chi connectivity index (χ2v) is 4.28. The molecule has 2 aromatic heterocycles. The fourth-order valence-corrected chi connectivity index (χ4v) is 2.33. The molecule has 3 aromatic rings.